The summed E-state index contributed by atoms with van der Waals surface area (Å²) in [6.45, 7) is 2.75. The molecule has 10 heteroatoms. The quantitative estimate of drug-likeness (QED) is 0.709. The number of carbonyl (C=O) groups is 1. The maximum atomic E-state index is 13.1. The van der Waals surface area contributed by atoms with Crippen LogP contribution in [-0.4, -0.2) is 80.5 Å². The highest BCUT2D eigenvalue weighted by molar-refractivity contribution is 8.15. The van der Waals surface area contributed by atoms with Gasteiger partial charge in [-0.25, -0.2) is 8.42 Å². The molecule has 3 aliphatic heterocycles. The van der Waals surface area contributed by atoms with E-state index < -0.39 is 9.84 Å². The van der Waals surface area contributed by atoms with Gasteiger partial charge >= 0.3 is 0 Å². The molecule has 3 aliphatic rings. The summed E-state index contributed by atoms with van der Waals surface area (Å²) in [4.78, 5) is 21.8. The van der Waals surface area contributed by atoms with Crippen LogP contribution >= 0.6 is 11.8 Å². The van der Waals surface area contributed by atoms with Crippen molar-refractivity contribution in [2.75, 3.05) is 55.0 Å². The molecule has 0 saturated carbocycles. The third-order valence-electron chi connectivity index (χ3n) is 6.17. The fraction of sp³-hybridized carbons (Fsp3) is 0.391. The van der Waals surface area contributed by atoms with Crippen molar-refractivity contribution >= 4 is 44.0 Å². The summed E-state index contributed by atoms with van der Waals surface area (Å²) in [6.07, 6.45) is 0. The summed E-state index contributed by atoms with van der Waals surface area (Å²) in [5.41, 5.74) is 2.45. The van der Waals surface area contributed by atoms with E-state index in [9.17, 15) is 13.2 Å². The molecular formula is C23H26N4O4S2. The Kier molecular flexibility index (Phi) is 5.96. The Morgan fingerprint density at radius 3 is 2.64 bits per heavy atom. The SMILES string of the molecule is COc1ccccc1N1CCN(C(=O)c2cccc(NC3=N[C@H]4CS(=O)(=O)C[C@H]4S3)c2)CC1. The predicted octanol–water partition coefficient (Wildman–Crippen LogP) is 2.34. The molecule has 174 valence electrons. The molecule has 33 heavy (non-hydrogen) atoms. The molecule has 2 saturated heterocycles. The van der Waals surface area contributed by atoms with Gasteiger partial charge < -0.3 is 19.9 Å². The van der Waals surface area contributed by atoms with Crippen LogP contribution in [-0.2, 0) is 9.84 Å². The number of nitrogens with zero attached hydrogens (tertiary/aromatic N) is 3. The number of amides is 1. The number of hydrogen-bond donors (Lipinski definition) is 1. The van der Waals surface area contributed by atoms with Crippen molar-refractivity contribution in [3.8, 4) is 5.75 Å². The highest BCUT2D eigenvalue weighted by Gasteiger charge is 2.42. The summed E-state index contributed by atoms with van der Waals surface area (Å²) >= 11 is 1.47. The zero-order chi connectivity index (χ0) is 23.0. The van der Waals surface area contributed by atoms with Crippen molar-refractivity contribution in [1.82, 2.24) is 4.90 Å². The normalized spacial score (nSPS) is 23.7. The number of methoxy groups -OCH3 is 1. The maximum Gasteiger partial charge on any atom is 0.254 e. The van der Waals surface area contributed by atoms with Gasteiger partial charge in [0.1, 0.15) is 5.75 Å². The van der Waals surface area contributed by atoms with Crippen LogP contribution in [0, 0.1) is 0 Å². The summed E-state index contributed by atoms with van der Waals surface area (Å²) in [6, 6.07) is 15.2. The maximum absolute atomic E-state index is 13.1. The van der Waals surface area contributed by atoms with Crippen molar-refractivity contribution in [3.63, 3.8) is 0 Å². The highest BCUT2D eigenvalue weighted by atomic mass is 32.2. The fourth-order valence-electron chi connectivity index (χ4n) is 4.49. The van der Waals surface area contributed by atoms with Gasteiger partial charge in [-0.3, -0.25) is 9.79 Å². The minimum Gasteiger partial charge on any atom is -0.495 e. The molecule has 1 amide bonds. The summed E-state index contributed by atoms with van der Waals surface area (Å²) in [5, 5.41) is 3.97. The van der Waals surface area contributed by atoms with Gasteiger partial charge in [0, 0.05) is 42.7 Å². The highest BCUT2D eigenvalue weighted by Crippen LogP contribution is 2.34. The van der Waals surface area contributed by atoms with E-state index >= 15 is 0 Å². The number of carbonyl (C=O) groups excluding carboxylic acids is 1. The number of sulfone groups is 1. The molecule has 0 bridgehead atoms. The smallest absolute Gasteiger partial charge is 0.254 e. The van der Waals surface area contributed by atoms with Crippen LogP contribution in [0.3, 0.4) is 0 Å². The molecule has 0 aromatic heterocycles. The number of thioether (sulfide) groups is 1. The number of amidine groups is 1. The minimum atomic E-state index is -2.97. The largest absolute Gasteiger partial charge is 0.495 e. The number of fused-ring (bicyclic) bond motifs is 1. The van der Waals surface area contributed by atoms with Crippen molar-refractivity contribution < 1.29 is 17.9 Å². The van der Waals surface area contributed by atoms with Crippen LogP contribution in [0.2, 0.25) is 0 Å². The number of ether oxygens (including phenoxy) is 1. The lowest BCUT2D eigenvalue weighted by atomic mass is 10.1. The van der Waals surface area contributed by atoms with Gasteiger partial charge in [-0.05, 0) is 30.3 Å². The summed E-state index contributed by atoms with van der Waals surface area (Å²) in [7, 11) is -1.30. The second-order valence-corrected chi connectivity index (χ2v) is 11.8. The van der Waals surface area contributed by atoms with Crippen molar-refractivity contribution in [2.45, 2.75) is 11.3 Å². The first kappa shape index (κ1) is 22.1. The second kappa shape index (κ2) is 8.90. The van der Waals surface area contributed by atoms with E-state index in [-0.39, 0.29) is 28.7 Å². The van der Waals surface area contributed by atoms with E-state index in [4.69, 9.17) is 4.74 Å². The van der Waals surface area contributed by atoms with Crippen LogP contribution in [0.25, 0.3) is 0 Å². The zero-order valence-electron chi connectivity index (χ0n) is 18.3. The van der Waals surface area contributed by atoms with Crippen LogP contribution in [0.1, 0.15) is 10.4 Å². The number of rotatable bonds is 4. The Labute approximate surface area is 197 Å². The molecule has 0 unspecified atom stereocenters. The van der Waals surface area contributed by atoms with Crippen molar-refractivity contribution in [1.29, 1.82) is 0 Å². The first-order chi connectivity index (χ1) is 15.9. The van der Waals surface area contributed by atoms with E-state index in [0.29, 0.717) is 18.7 Å². The number of piperazine rings is 1. The molecule has 2 aromatic rings. The third kappa shape index (κ3) is 4.67. The molecule has 2 atom stereocenters. The lowest BCUT2D eigenvalue weighted by Gasteiger charge is -2.36. The molecule has 5 rings (SSSR count). The molecule has 1 N–H and O–H groups in total. The Hall–Kier alpha value is -2.72. The molecule has 0 aliphatic carbocycles. The third-order valence-corrected chi connectivity index (χ3v) is 9.31. The lowest BCUT2D eigenvalue weighted by Crippen LogP contribution is -2.48. The molecule has 2 aromatic carbocycles. The van der Waals surface area contributed by atoms with Crippen LogP contribution in [0.15, 0.2) is 53.5 Å². The minimum absolute atomic E-state index is 0.00213. The van der Waals surface area contributed by atoms with E-state index in [1.54, 1.807) is 7.11 Å². The van der Waals surface area contributed by atoms with Crippen LogP contribution < -0.4 is 15.0 Å². The van der Waals surface area contributed by atoms with Crippen molar-refractivity contribution in [3.05, 3.63) is 54.1 Å². The zero-order valence-corrected chi connectivity index (χ0v) is 19.9. The van der Waals surface area contributed by atoms with Crippen molar-refractivity contribution in [2.24, 2.45) is 4.99 Å². The molecular weight excluding hydrogens is 460 g/mol. The number of para-hydroxylation sites is 2. The predicted molar refractivity (Wildman–Crippen MR) is 132 cm³/mol. The Morgan fingerprint density at radius 1 is 1.09 bits per heavy atom. The Bertz CT molecular complexity index is 1190. The topological polar surface area (TPSA) is 91.3 Å². The standard InChI is InChI=1S/C23H26N4O4S2/c1-31-20-8-3-2-7-19(20)26-9-11-27(12-10-26)22(28)16-5-4-6-17(13-16)24-23-25-18-14-33(29,30)15-21(18)32-23/h2-8,13,18,21H,9-12,14-15H2,1H3,(H,24,25)/t18-,21+/m0/s1. The van der Waals surface area contributed by atoms with Crippen LogP contribution in [0.4, 0.5) is 11.4 Å². The van der Waals surface area contributed by atoms with E-state index in [2.05, 4.69) is 15.2 Å². The van der Waals surface area contributed by atoms with E-state index in [1.165, 1.54) is 11.8 Å². The van der Waals surface area contributed by atoms with Crippen LogP contribution in [0.5, 0.6) is 5.75 Å². The van der Waals surface area contributed by atoms with Gasteiger partial charge in [0.2, 0.25) is 0 Å². The van der Waals surface area contributed by atoms with Gasteiger partial charge in [-0.2, -0.15) is 0 Å². The lowest BCUT2D eigenvalue weighted by molar-refractivity contribution is 0.0746. The Morgan fingerprint density at radius 2 is 1.88 bits per heavy atom. The first-order valence-electron chi connectivity index (χ1n) is 10.9. The fourth-order valence-corrected chi connectivity index (χ4v) is 8.17. The molecule has 0 spiro atoms. The number of nitrogens with one attached hydrogen (secondary N) is 1. The average Bonchev–Trinajstić information content (AvgIpc) is 3.31. The number of hydrogen-bond acceptors (Lipinski definition) is 8. The summed E-state index contributed by atoms with van der Waals surface area (Å²) < 4.78 is 29.0. The molecule has 2 fully saturated rings. The monoisotopic (exact) mass is 486 g/mol. The number of benzene rings is 2. The second-order valence-electron chi connectivity index (χ2n) is 8.39. The average molecular weight is 487 g/mol. The van der Waals surface area contributed by atoms with E-state index in [0.717, 1.165) is 35.4 Å². The number of aliphatic imine (C=N–C) groups is 1. The Balaban J connectivity index is 1.21. The number of anilines is 2. The first-order valence-corrected chi connectivity index (χ1v) is 13.6. The van der Waals surface area contributed by atoms with E-state index in [1.807, 2.05) is 53.4 Å². The molecule has 8 nitrogen and oxygen atoms in total. The van der Waals surface area contributed by atoms with Gasteiger partial charge in [0.15, 0.2) is 15.0 Å². The summed E-state index contributed by atoms with van der Waals surface area (Å²) in [5.74, 6) is 1.14. The van der Waals surface area contributed by atoms with Gasteiger partial charge in [-0.15, -0.1) is 0 Å². The molecule has 0 radical (unpaired) electrons. The molecule has 3 heterocycles. The van der Waals surface area contributed by atoms with Gasteiger partial charge in [0.05, 0.1) is 30.3 Å². The van der Waals surface area contributed by atoms with Gasteiger partial charge in [-0.1, -0.05) is 30.0 Å². The van der Waals surface area contributed by atoms with Gasteiger partial charge in [0.25, 0.3) is 5.91 Å².